The highest BCUT2D eigenvalue weighted by Gasteiger charge is 2.20. The van der Waals surface area contributed by atoms with Gasteiger partial charge in [-0.05, 0) is 25.0 Å². The van der Waals surface area contributed by atoms with Crippen LogP contribution in [-0.2, 0) is 6.54 Å². The maximum Gasteiger partial charge on any atom is 0.123 e. The van der Waals surface area contributed by atoms with Gasteiger partial charge in [-0.2, -0.15) is 0 Å². The van der Waals surface area contributed by atoms with Gasteiger partial charge >= 0.3 is 0 Å². The van der Waals surface area contributed by atoms with Crippen LogP contribution in [0.2, 0.25) is 5.02 Å². The van der Waals surface area contributed by atoms with E-state index in [9.17, 15) is 0 Å². The van der Waals surface area contributed by atoms with Crippen molar-refractivity contribution < 1.29 is 0 Å². The number of nitrogens with zero attached hydrogens (tertiary/aromatic N) is 1. The minimum atomic E-state index is 0.732. The fourth-order valence-corrected chi connectivity index (χ4v) is 2.60. The monoisotopic (exact) mass is 264 g/mol. The fourth-order valence-electron chi connectivity index (χ4n) is 1.65. The van der Waals surface area contributed by atoms with Gasteiger partial charge in [0.15, 0.2) is 0 Å². The van der Waals surface area contributed by atoms with Gasteiger partial charge in [0.25, 0.3) is 0 Å². The van der Waals surface area contributed by atoms with E-state index < -0.39 is 0 Å². The van der Waals surface area contributed by atoms with Crippen LogP contribution in [0.3, 0.4) is 0 Å². The van der Waals surface area contributed by atoms with Gasteiger partial charge in [0.05, 0.1) is 5.69 Å². The second-order valence-electron chi connectivity index (χ2n) is 4.31. The Morgan fingerprint density at radius 3 is 2.76 bits per heavy atom. The van der Waals surface area contributed by atoms with Crippen LogP contribution in [0.1, 0.15) is 18.5 Å². The largest absolute Gasteiger partial charge is 0.308 e. The molecular weight excluding hydrogens is 252 g/mol. The Kier molecular flexibility index (Phi) is 3.14. The maximum atomic E-state index is 5.87. The van der Waals surface area contributed by atoms with E-state index in [1.54, 1.807) is 11.3 Å². The normalized spacial score (nSPS) is 15.1. The minimum absolute atomic E-state index is 0.732. The lowest BCUT2D eigenvalue weighted by molar-refractivity contribution is 0.678. The number of nitrogens with one attached hydrogen (secondary N) is 1. The van der Waals surface area contributed by atoms with Crippen LogP contribution in [0.5, 0.6) is 0 Å². The summed E-state index contributed by atoms with van der Waals surface area (Å²) in [7, 11) is 0. The molecule has 0 spiro atoms. The van der Waals surface area contributed by atoms with Crippen LogP contribution in [0.25, 0.3) is 10.6 Å². The SMILES string of the molecule is Clc1ccc(-c2nc(CNC3CC3)cs2)cc1. The summed E-state index contributed by atoms with van der Waals surface area (Å²) < 4.78 is 0. The van der Waals surface area contributed by atoms with Gasteiger partial charge in [-0.1, -0.05) is 23.7 Å². The molecule has 1 aromatic heterocycles. The van der Waals surface area contributed by atoms with E-state index in [4.69, 9.17) is 11.6 Å². The van der Waals surface area contributed by atoms with E-state index in [1.165, 1.54) is 12.8 Å². The summed E-state index contributed by atoms with van der Waals surface area (Å²) in [6, 6.07) is 8.56. The van der Waals surface area contributed by atoms with Crippen LogP contribution >= 0.6 is 22.9 Å². The van der Waals surface area contributed by atoms with Crippen molar-refractivity contribution in [1.82, 2.24) is 10.3 Å². The number of thiazole rings is 1. The van der Waals surface area contributed by atoms with Crippen molar-refractivity contribution >= 4 is 22.9 Å². The van der Waals surface area contributed by atoms with E-state index in [0.717, 1.165) is 33.9 Å². The second kappa shape index (κ2) is 4.77. The van der Waals surface area contributed by atoms with Crippen LogP contribution in [-0.4, -0.2) is 11.0 Å². The molecule has 3 rings (SSSR count). The molecule has 0 unspecified atom stereocenters. The molecule has 1 fully saturated rings. The molecule has 2 aromatic rings. The Balaban J connectivity index is 1.72. The molecule has 0 aliphatic heterocycles. The van der Waals surface area contributed by atoms with Gasteiger partial charge in [0.2, 0.25) is 0 Å². The molecule has 1 aliphatic rings. The molecule has 1 N–H and O–H groups in total. The number of hydrogen-bond donors (Lipinski definition) is 1. The lowest BCUT2D eigenvalue weighted by Gasteiger charge is -1.98. The Morgan fingerprint density at radius 2 is 2.06 bits per heavy atom. The molecule has 1 aromatic carbocycles. The van der Waals surface area contributed by atoms with Crippen molar-refractivity contribution in [2.24, 2.45) is 0 Å². The summed E-state index contributed by atoms with van der Waals surface area (Å²) in [5, 5.41) is 7.42. The van der Waals surface area contributed by atoms with Gasteiger partial charge in [0.1, 0.15) is 5.01 Å². The minimum Gasteiger partial charge on any atom is -0.308 e. The molecule has 2 nitrogen and oxygen atoms in total. The fraction of sp³-hybridized carbons (Fsp3) is 0.308. The zero-order valence-electron chi connectivity index (χ0n) is 9.32. The Hall–Kier alpha value is -0.900. The van der Waals surface area contributed by atoms with Crippen molar-refractivity contribution in [2.45, 2.75) is 25.4 Å². The van der Waals surface area contributed by atoms with Crippen LogP contribution in [0, 0.1) is 0 Å². The quantitative estimate of drug-likeness (QED) is 0.911. The zero-order valence-corrected chi connectivity index (χ0v) is 10.9. The van der Waals surface area contributed by atoms with Crippen molar-refractivity contribution in [1.29, 1.82) is 0 Å². The first kappa shape index (κ1) is 11.2. The molecule has 88 valence electrons. The highest BCUT2D eigenvalue weighted by Crippen LogP contribution is 2.25. The third-order valence-electron chi connectivity index (χ3n) is 2.79. The number of benzene rings is 1. The topological polar surface area (TPSA) is 24.9 Å². The zero-order chi connectivity index (χ0) is 11.7. The van der Waals surface area contributed by atoms with E-state index in [0.29, 0.717) is 0 Å². The molecule has 1 aliphatic carbocycles. The average Bonchev–Trinajstić information content (AvgIpc) is 3.06. The molecular formula is C13H13ClN2S. The van der Waals surface area contributed by atoms with Gasteiger partial charge in [-0.25, -0.2) is 4.98 Å². The average molecular weight is 265 g/mol. The first-order chi connectivity index (χ1) is 8.31. The number of aromatic nitrogens is 1. The second-order valence-corrected chi connectivity index (χ2v) is 5.60. The highest BCUT2D eigenvalue weighted by molar-refractivity contribution is 7.13. The van der Waals surface area contributed by atoms with Crippen molar-refractivity contribution in [3.05, 3.63) is 40.4 Å². The van der Waals surface area contributed by atoms with Crippen molar-refractivity contribution in [3.63, 3.8) is 0 Å². The summed E-state index contributed by atoms with van der Waals surface area (Å²) in [6.07, 6.45) is 2.63. The summed E-state index contributed by atoms with van der Waals surface area (Å²) in [4.78, 5) is 4.62. The standard InChI is InChI=1S/C13H13ClN2S/c14-10-3-1-9(2-4-10)13-16-12(8-17-13)7-15-11-5-6-11/h1-4,8,11,15H,5-7H2. The number of halogens is 1. The summed E-state index contributed by atoms with van der Waals surface area (Å²) >= 11 is 7.56. The molecule has 0 bridgehead atoms. The van der Waals surface area contributed by atoms with E-state index in [-0.39, 0.29) is 0 Å². The van der Waals surface area contributed by atoms with Gasteiger partial charge in [-0.3, -0.25) is 0 Å². The lowest BCUT2D eigenvalue weighted by Crippen LogP contribution is -2.15. The Labute approximate surface area is 110 Å². The highest BCUT2D eigenvalue weighted by atomic mass is 35.5. The molecule has 0 amide bonds. The number of hydrogen-bond acceptors (Lipinski definition) is 3. The predicted octanol–water partition coefficient (Wildman–Crippen LogP) is 3.72. The molecule has 0 saturated heterocycles. The summed E-state index contributed by atoms with van der Waals surface area (Å²) in [5.41, 5.74) is 2.27. The van der Waals surface area contributed by atoms with E-state index >= 15 is 0 Å². The molecule has 0 atom stereocenters. The predicted molar refractivity (Wildman–Crippen MR) is 72.4 cm³/mol. The molecule has 4 heteroatoms. The maximum absolute atomic E-state index is 5.87. The van der Waals surface area contributed by atoms with Gasteiger partial charge in [-0.15, -0.1) is 11.3 Å². The van der Waals surface area contributed by atoms with Crippen molar-refractivity contribution in [3.8, 4) is 10.6 Å². The third-order valence-corrected chi connectivity index (χ3v) is 3.98. The summed E-state index contributed by atoms with van der Waals surface area (Å²) in [5.74, 6) is 0. The first-order valence-corrected chi connectivity index (χ1v) is 7.01. The van der Waals surface area contributed by atoms with Gasteiger partial charge < -0.3 is 5.32 Å². The third kappa shape index (κ3) is 2.86. The van der Waals surface area contributed by atoms with E-state index in [1.807, 2.05) is 24.3 Å². The Bertz CT molecular complexity index is 502. The smallest absolute Gasteiger partial charge is 0.123 e. The first-order valence-electron chi connectivity index (χ1n) is 5.75. The lowest BCUT2D eigenvalue weighted by atomic mass is 10.2. The van der Waals surface area contributed by atoms with Gasteiger partial charge in [0, 0.05) is 28.6 Å². The van der Waals surface area contributed by atoms with Crippen LogP contribution in [0.4, 0.5) is 0 Å². The van der Waals surface area contributed by atoms with Crippen LogP contribution in [0.15, 0.2) is 29.6 Å². The molecule has 0 radical (unpaired) electrons. The Morgan fingerprint density at radius 1 is 1.29 bits per heavy atom. The molecule has 17 heavy (non-hydrogen) atoms. The van der Waals surface area contributed by atoms with Crippen LogP contribution < -0.4 is 5.32 Å². The van der Waals surface area contributed by atoms with Crippen molar-refractivity contribution in [2.75, 3.05) is 0 Å². The molecule has 1 saturated carbocycles. The summed E-state index contributed by atoms with van der Waals surface area (Å²) in [6.45, 7) is 0.884. The number of rotatable bonds is 4. The van der Waals surface area contributed by atoms with E-state index in [2.05, 4.69) is 15.7 Å². The molecule has 1 heterocycles.